The number of nitrogens with two attached hydrogens (primary N) is 1. The summed E-state index contributed by atoms with van der Waals surface area (Å²) in [6.07, 6.45) is 2.09. The molecule has 1 unspecified atom stereocenters. The highest BCUT2D eigenvalue weighted by atomic mass is 16.6. The lowest BCUT2D eigenvalue weighted by molar-refractivity contribution is -0.389. The first-order valence-corrected chi connectivity index (χ1v) is 5.85. The molecule has 8 nitrogen and oxygen atoms in total. The molecule has 1 aliphatic heterocycles. The van der Waals surface area contributed by atoms with E-state index in [1.807, 2.05) is 0 Å². The van der Waals surface area contributed by atoms with Gasteiger partial charge in [0.15, 0.2) is 0 Å². The van der Waals surface area contributed by atoms with Crippen LogP contribution in [-0.4, -0.2) is 32.6 Å². The van der Waals surface area contributed by atoms with Crippen molar-refractivity contribution in [2.75, 3.05) is 6.54 Å². The summed E-state index contributed by atoms with van der Waals surface area (Å²) >= 11 is 0. The molecule has 3 N–H and O–H groups in total. The standard InChI is InChI=1S/C11H14N4O4/c12-11(4-1-2-6-14(11)10(16)17)8-3-5-13-9(7-8)15(18)19/h3,5,7H,1-2,4,6,12H2,(H,16,17). The Morgan fingerprint density at radius 1 is 1.58 bits per heavy atom. The second-order valence-corrected chi connectivity index (χ2v) is 4.48. The van der Waals surface area contributed by atoms with E-state index in [1.54, 1.807) is 0 Å². The Labute approximate surface area is 109 Å². The Hall–Kier alpha value is -2.22. The summed E-state index contributed by atoms with van der Waals surface area (Å²) in [6.45, 7) is 0.321. The van der Waals surface area contributed by atoms with Crippen LogP contribution in [0.25, 0.3) is 0 Å². The topological polar surface area (TPSA) is 123 Å². The lowest BCUT2D eigenvalue weighted by Crippen LogP contribution is -2.57. The van der Waals surface area contributed by atoms with E-state index in [-0.39, 0.29) is 5.82 Å². The molecule has 1 aromatic heterocycles. The predicted octanol–water partition coefficient (Wildman–Crippen LogP) is 1.27. The molecular weight excluding hydrogens is 252 g/mol. The number of carbonyl (C=O) groups is 1. The summed E-state index contributed by atoms with van der Waals surface area (Å²) in [6, 6.07) is 2.76. The quantitative estimate of drug-likeness (QED) is 0.613. The molecule has 2 rings (SSSR count). The van der Waals surface area contributed by atoms with E-state index in [1.165, 1.54) is 18.3 Å². The molecule has 0 bridgehead atoms. The van der Waals surface area contributed by atoms with Crippen LogP contribution < -0.4 is 5.73 Å². The Morgan fingerprint density at radius 2 is 2.32 bits per heavy atom. The van der Waals surface area contributed by atoms with Gasteiger partial charge in [-0.3, -0.25) is 4.90 Å². The molecule has 1 aliphatic rings. The predicted molar refractivity (Wildman–Crippen MR) is 65.3 cm³/mol. The molecular formula is C11H14N4O4. The second kappa shape index (κ2) is 4.81. The smallest absolute Gasteiger partial charge is 0.409 e. The highest BCUT2D eigenvalue weighted by Gasteiger charge is 2.40. The maximum atomic E-state index is 11.3. The van der Waals surface area contributed by atoms with Crippen LogP contribution in [-0.2, 0) is 5.66 Å². The Kier molecular flexibility index (Phi) is 3.34. The average Bonchev–Trinajstić information content (AvgIpc) is 2.39. The first kappa shape index (κ1) is 13.2. The van der Waals surface area contributed by atoms with Gasteiger partial charge in [0, 0.05) is 18.2 Å². The van der Waals surface area contributed by atoms with Crippen molar-refractivity contribution in [2.45, 2.75) is 24.9 Å². The number of amides is 1. The monoisotopic (exact) mass is 266 g/mol. The van der Waals surface area contributed by atoms with E-state index >= 15 is 0 Å². The van der Waals surface area contributed by atoms with Gasteiger partial charge in [0.1, 0.15) is 11.9 Å². The van der Waals surface area contributed by atoms with Gasteiger partial charge < -0.3 is 21.0 Å². The van der Waals surface area contributed by atoms with Crippen LogP contribution in [0.5, 0.6) is 0 Å². The molecule has 0 spiro atoms. The van der Waals surface area contributed by atoms with Crippen molar-refractivity contribution < 1.29 is 14.8 Å². The highest BCUT2D eigenvalue weighted by Crippen LogP contribution is 2.33. The van der Waals surface area contributed by atoms with Gasteiger partial charge in [-0.05, 0) is 35.2 Å². The van der Waals surface area contributed by atoms with Gasteiger partial charge in [0.05, 0.1) is 0 Å². The second-order valence-electron chi connectivity index (χ2n) is 4.48. The number of carboxylic acid groups (broad SMARTS) is 1. The summed E-state index contributed by atoms with van der Waals surface area (Å²) < 4.78 is 0. The number of hydrogen-bond acceptors (Lipinski definition) is 5. The number of hydrogen-bond donors (Lipinski definition) is 2. The van der Waals surface area contributed by atoms with Crippen molar-refractivity contribution in [1.29, 1.82) is 0 Å². The Bertz CT molecular complexity index is 521. The average molecular weight is 266 g/mol. The molecule has 1 aromatic rings. The molecule has 0 radical (unpaired) electrons. The largest absolute Gasteiger partial charge is 0.465 e. The van der Waals surface area contributed by atoms with Gasteiger partial charge in [-0.1, -0.05) is 0 Å². The molecule has 0 saturated carbocycles. The number of likely N-dealkylation sites (tertiary alicyclic amines) is 1. The Morgan fingerprint density at radius 3 is 2.95 bits per heavy atom. The maximum Gasteiger partial charge on any atom is 0.409 e. The fraction of sp³-hybridized carbons (Fsp3) is 0.455. The number of pyridine rings is 1. The van der Waals surface area contributed by atoms with Gasteiger partial charge in [-0.2, -0.15) is 0 Å². The van der Waals surface area contributed by atoms with E-state index in [2.05, 4.69) is 4.98 Å². The molecule has 1 amide bonds. The minimum Gasteiger partial charge on any atom is -0.465 e. The molecule has 0 aromatic carbocycles. The highest BCUT2D eigenvalue weighted by molar-refractivity contribution is 5.66. The SMILES string of the molecule is NC1(c2ccnc([N+](=O)[O-])c2)CCCCN1C(=O)O. The van der Waals surface area contributed by atoms with Crippen molar-refractivity contribution in [3.05, 3.63) is 34.0 Å². The third-order valence-electron chi connectivity index (χ3n) is 3.33. The number of nitro groups is 1. The lowest BCUT2D eigenvalue weighted by Gasteiger charge is -2.42. The van der Waals surface area contributed by atoms with Gasteiger partial charge in [0.2, 0.25) is 0 Å². The summed E-state index contributed by atoms with van der Waals surface area (Å²) in [7, 11) is 0. The van der Waals surface area contributed by atoms with Gasteiger partial charge in [0.25, 0.3) is 0 Å². The number of rotatable bonds is 2. The van der Waals surface area contributed by atoms with Crippen molar-refractivity contribution in [2.24, 2.45) is 5.73 Å². The number of aromatic nitrogens is 1. The molecule has 2 heterocycles. The zero-order valence-electron chi connectivity index (χ0n) is 10.2. The molecule has 1 fully saturated rings. The minimum absolute atomic E-state index is 0.321. The fourth-order valence-electron chi connectivity index (χ4n) is 2.35. The van der Waals surface area contributed by atoms with Gasteiger partial charge in [-0.15, -0.1) is 0 Å². The van der Waals surface area contributed by atoms with Crippen molar-refractivity contribution in [3.63, 3.8) is 0 Å². The van der Waals surface area contributed by atoms with Crippen LogP contribution in [0.1, 0.15) is 24.8 Å². The first-order chi connectivity index (χ1) is 8.95. The van der Waals surface area contributed by atoms with Crippen LogP contribution in [0, 0.1) is 10.1 Å². The van der Waals surface area contributed by atoms with Crippen LogP contribution in [0.3, 0.4) is 0 Å². The first-order valence-electron chi connectivity index (χ1n) is 5.85. The summed E-state index contributed by atoms with van der Waals surface area (Å²) in [5.74, 6) is -0.335. The van der Waals surface area contributed by atoms with E-state index < -0.39 is 16.7 Å². The van der Waals surface area contributed by atoms with E-state index in [0.29, 0.717) is 18.5 Å². The molecule has 1 saturated heterocycles. The molecule has 102 valence electrons. The molecule has 1 atom stereocenters. The van der Waals surface area contributed by atoms with Crippen LogP contribution in [0.2, 0.25) is 0 Å². The van der Waals surface area contributed by atoms with E-state index in [4.69, 9.17) is 5.73 Å². The van der Waals surface area contributed by atoms with E-state index in [0.717, 1.165) is 17.7 Å². The molecule has 8 heteroatoms. The van der Waals surface area contributed by atoms with Crippen molar-refractivity contribution in [3.8, 4) is 0 Å². The zero-order valence-corrected chi connectivity index (χ0v) is 10.2. The maximum absolute atomic E-state index is 11.3. The number of nitrogens with zero attached hydrogens (tertiary/aromatic N) is 3. The summed E-state index contributed by atoms with van der Waals surface area (Å²) in [5.41, 5.74) is 5.36. The van der Waals surface area contributed by atoms with E-state index in [9.17, 15) is 20.0 Å². The Balaban J connectivity index is 2.44. The normalized spacial score (nSPS) is 23.1. The minimum atomic E-state index is -1.22. The van der Waals surface area contributed by atoms with Crippen molar-refractivity contribution >= 4 is 11.9 Å². The lowest BCUT2D eigenvalue weighted by atomic mass is 9.89. The van der Waals surface area contributed by atoms with Crippen LogP contribution >= 0.6 is 0 Å². The third-order valence-corrected chi connectivity index (χ3v) is 3.33. The fourth-order valence-corrected chi connectivity index (χ4v) is 2.35. The van der Waals surface area contributed by atoms with Gasteiger partial charge in [-0.25, -0.2) is 4.79 Å². The van der Waals surface area contributed by atoms with Crippen molar-refractivity contribution in [1.82, 2.24) is 9.88 Å². The summed E-state index contributed by atoms with van der Waals surface area (Å²) in [4.78, 5) is 26.1. The van der Waals surface area contributed by atoms with Crippen LogP contribution in [0.15, 0.2) is 18.3 Å². The third kappa shape index (κ3) is 2.34. The summed E-state index contributed by atoms with van der Waals surface area (Å²) in [5, 5.41) is 19.9. The molecule has 19 heavy (non-hydrogen) atoms. The number of piperidine rings is 1. The van der Waals surface area contributed by atoms with Crippen LogP contribution in [0.4, 0.5) is 10.6 Å². The zero-order chi connectivity index (χ0) is 14.0. The van der Waals surface area contributed by atoms with Gasteiger partial charge >= 0.3 is 11.9 Å². The molecule has 0 aliphatic carbocycles.